The van der Waals surface area contributed by atoms with Gasteiger partial charge in [0.25, 0.3) is 0 Å². The van der Waals surface area contributed by atoms with E-state index in [1.54, 1.807) is 12.1 Å². The van der Waals surface area contributed by atoms with E-state index in [1.807, 2.05) is 18.7 Å². The quantitative estimate of drug-likeness (QED) is 0.761. The zero-order valence-electron chi connectivity index (χ0n) is 14.3. The smallest absolute Gasteiger partial charge is 0.335 e. The summed E-state index contributed by atoms with van der Waals surface area (Å²) < 4.78 is 1.88. The predicted molar refractivity (Wildman–Crippen MR) is 91.1 cm³/mol. The van der Waals surface area contributed by atoms with Crippen LogP contribution in [0.1, 0.15) is 39.3 Å². The fourth-order valence-electron chi connectivity index (χ4n) is 2.69. The molecule has 6 heteroatoms. The Labute approximate surface area is 141 Å². The van der Waals surface area contributed by atoms with Gasteiger partial charge in [0.2, 0.25) is 5.91 Å². The van der Waals surface area contributed by atoms with Crippen LogP contribution in [0.4, 0.5) is 0 Å². The molecular formula is C18H23N3O3. The third-order valence-electron chi connectivity index (χ3n) is 4.15. The Morgan fingerprint density at radius 2 is 1.88 bits per heavy atom. The summed E-state index contributed by atoms with van der Waals surface area (Å²) in [6.07, 6.45) is 2.00. The molecule has 1 amide bonds. The van der Waals surface area contributed by atoms with Crippen LogP contribution >= 0.6 is 0 Å². The van der Waals surface area contributed by atoms with E-state index in [2.05, 4.69) is 17.3 Å². The van der Waals surface area contributed by atoms with Crippen LogP contribution in [-0.2, 0) is 24.7 Å². The molecule has 1 aromatic heterocycles. The Bertz CT molecular complexity index is 733. The number of aryl methyl sites for hydroxylation is 2. The summed E-state index contributed by atoms with van der Waals surface area (Å²) in [6.45, 7) is 4.66. The van der Waals surface area contributed by atoms with Crippen LogP contribution < -0.4 is 5.32 Å². The van der Waals surface area contributed by atoms with Crippen molar-refractivity contribution in [2.75, 3.05) is 6.54 Å². The van der Waals surface area contributed by atoms with Gasteiger partial charge in [0.05, 0.1) is 17.7 Å². The normalized spacial score (nSPS) is 10.6. The molecule has 0 atom stereocenters. The van der Waals surface area contributed by atoms with Crippen molar-refractivity contribution < 1.29 is 14.7 Å². The van der Waals surface area contributed by atoms with Gasteiger partial charge in [-0.25, -0.2) is 4.79 Å². The number of nitrogens with zero attached hydrogens (tertiary/aromatic N) is 2. The summed E-state index contributed by atoms with van der Waals surface area (Å²) in [5, 5.41) is 16.1. The van der Waals surface area contributed by atoms with E-state index >= 15 is 0 Å². The van der Waals surface area contributed by atoms with Gasteiger partial charge in [-0.2, -0.15) is 5.10 Å². The van der Waals surface area contributed by atoms with Gasteiger partial charge >= 0.3 is 5.97 Å². The van der Waals surface area contributed by atoms with Crippen LogP contribution in [0.3, 0.4) is 0 Å². The second-order valence-corrected chi connectivity index (χ2v) is 5.91. The molecule has 24 heavy (non-hydrogen) atoms. The second kappa shape index (κ2) is 7.77. The number of benzene rings is 1. The molecule has 0 saturated heterocycles. The average molecular weight is 329 g/mol. The van der Waals surface area contributed by atoms with E-state index in [9.17, 15) is 9.59 Å². The summed E-state index contributed by atoms with van der Waals surface area (Å²) >= 11 is 0. The van der Waals surface area contributed by atoms with E-state index < -0.39 is 5.97 Å². The number of amides is 1. The first kappa shape index (κ1) is 17.7. The van der Waals surface area contributed by atoms with Gasteiger partial charge in [0, 0.05) is 19.3 Å². The fraction of sp³-hybridized carbons (Fsp3) is 0.389. The van der Waals surface area contributed by atoms with Crippen molar-refractivity contribution in [1.29, 1.82) is 0 Å². The molecule has 0 aliphatic carbocycles. The lowest BCUT2D eigenvalue weighted by Gasteiger charge is -2.06. The number of rotatable bonds is 7. The summed E-state index contributed by atoms with van der Waals surface area (Å²) in [4.78, 5) is 22.7. The van der Waals surface area contributed by atoms with E-state index in [0.717, 1.165) is 29.8 Å². The van der Waals surface area contributed by atoms with Gasteiger partial charge in [0.15, 0.2) is 0 Å². The van der Waals surface area contributed by atoms with Crippen molar-refractivity contribution in [2.24, 2.45) is 7.05 Å². The molecule has 0 fully saturated rings. The maximum atomic E-state index is 11.9. The number of carboxylic acids is 1. The van der Waals surface area contributed by atoms with Gasteiger partial charge in [-0.3, -0.25) is 9.48 Å². The maximum absolute atomic E-state index is 11.9. The highest BCUT2D eigenvalue weighted by Crippen LogP contribution is 2.13. The van der Waals surface area contributed by atoms with Crippen LogP contribution in [0.5, 0.6) is 0 Å². The largest absolute Gasteiger partial charge is 0.478 e. The molecule has 0 radical (unpaired) electrons. The minimum absolute atomic E-state index is 0.0577. The Hall–Kier alpha value is -2.63. The minimum atomic E-state index is -0.966. The Morgan fingerprint density at radius 1 is 1.21 bits per heavy atom. The maximum Gasteiger partial charge on any atom is 0.335 e. The Kier molecular flexibility index (Phi) is 5.73. The lowest BCUT2D eigenvalue weighted by molar-refractivity contribution is -0.120. The Morgan fingerprint density at radius 3 is 2.42 bits per heavy atom. The number of carboxylic acid groups (broad SMARTS) is 1. The Balaban J connectivity index is 1.76. The van der Waals surface area contributed by atoms with Crippen LogP contribution in [0.15, 0.2) is 24.3 Å². The highest BCUT2D eigenvalue weighted by atomic mass is 16.4. The van der Waals surface area contributed by atoms with E-state index in [1.165, 1.54) is 17.7 Å². The van der Waals surface area contributed by atoms with Crippen molar-refractivity contribution in [3.8, 4) is 0 Å². The predicted octanol–water partition coefficient (Wildman–Crippen LogP) is 2.03. The third kappa shape index (κ3) is 4.44. The number of nitrogens with one attached hydrogen (secondary N) is 1. The van der Waals surface area contributed by atoms with Crippen LogP contribution in [-0.4, -0.2) is 33.3 Å². The molecule has 128 valence electrons. The van der Waals surface area contributed by atoms with E-state index in [4.69, 9.17) is 5.11 Å². The van der Waals surface area contributed by atoms with Crippen LogP contribution in [0, 0.1) is 13.8 Å². The van der Waals surface area contributed by atoms with Gasteiger partial charge in [0.1, 0.15) is 0 Å². The minimum Gasteiger partial charge on any atom is -0.478 e. The number of aromatic carboxylic acids is 1. The van der Waals surface area contributed by atoms with Crippen LogP contribution in [0.25, 0.3) is 0 Å². The number of aromatic nitrogens is 2. The van der Waals surface area contributed by atoms with Crippen molar-refractivity contribution in [2.45, 2.75) is 33.1 Å². The van der Waals surface area contributed by atoms with Gasteiger partial charge < -0.3 is 10.4 Å². The molecular weight excluding hydrogens is 306 g/mol. The highest BCUT2D eigenvalue weighted by Gasteiger charge is 2.09. The molecule has 0 bridgehead atoms. The van der Waals surface area contributed by atoms with Gasteiger partial charge in [-0.05, 0) is 49.9 Å². The molecule has 0 aliphatic heterocycles. The average Bonchev–Trinajstić information content (AvgIpc) is 2.77. The van der Waals surface area contributed by atoms with Gasteiger partial charge in [-0.15, -0.1) is 0 Å². The molecule has 6 nitrogen and oxygen atoms in total. The second-order valence-electron chi connectivity index (χ2n) is 5.91. The molecule has 2 N–H and O–H groups in total. The third-order valence-corrected chi connectivity index (χ3v) is 4.15. The fourth-order valence-corrected chi connectivity index (χ4v) is 2.69. The molecule has 0 unspecified atom stereocenters. The SMILES string of the molecule is Cc1nn(C)c(C)c1CCCNC(=O)Cc1ccc(C(=O)O)cc1. The molecule has 2 aromatic rings. The first-order valence-electron chi connectivity index (χ1n) is 7.96. The topological polar surface area (TPSA) is 84.2 Å². The number of hydrogen-bond donors (Lipinski definition) is 2. The first-order chi connectivity index (χ1) is 11.4. The molecule has 0 spiro atoms. The zero-order chi connectivity index (χ0) is 17.7. The highest BCUT2D eigenvalue weighted by molar-refractivity contribution is 5.87. The number of carbonyl (C=O) groups is 2. The van der Waals surface area contributed by atoms with Crippen LogP contribution in [0.2, 0.25) is 0 Å². The van der Waals surface area contributed by atoms with Crippen molar-refractivity contribution >= 4 is 11.9 Å². The lowest BCUT2D eigenvalue weighted by atomic mass is 10.1. The first-order valence-corrected chi connectivity index (χ1v) is 7.96. The van der Waals surface area contributed by atoms with Crippen molar-refractivity contribution in [3.63, 3.8) is 0 Å². The summed E-state index contributed by atoms with van der Waals surface area (Å²) in [5.41, 5.74) is 4.48. The summed E-state index contributed by atoms with van der Waals surface area (Å²) in [6, 6.07) is 6.37. The van der Waals surface area contributed by atoms with E-state index in [0.29, 0.717) is 6.54 Å². The van der Waals surface area contributed by atoms with Gasteiger partial charge in [-0.1, -0.05) is 12.1 Å². The molecule has 1 heterocycles. The van der Waals surface area contributed by atoms with Crippen molar-refractivity contribution in [3.05, 3.63) is 52.3 Å². The van der Waals surface area contributed by atoms with E-state index in [-0.39, 0.29) is 17.9 Å². The molecule has 0 aliphatic rings. The van der Waals surface area contributed by atoms with Crippen molar-refractivity contribution in [1.82, 2.24) is 15.1 Å². The molecule has 0 saturated carbocycles. The summed E-state index contributed by atoms with van der Waals surface area (Å²) in [5.74, 6) is -1.02. The standard InChI is InChI=1S/C18H23N3O3/c1-12-16(13(2)21(3)20-12)5-4-10-19-17(22)11-14-6-8-15(9-7-14)18(23)24/h6-9H,4-5,10-11H2,1-3H3,(H,19,22)(H,23,24). The monoisotopic (exact) mass is 329 g/mol. The molecule has 1 aromatic carbocycles. The zero-order valence-corrected chi connectivity index (χ0v) is 14.3. The number of carbonyl (C=O) groups excluding carboxylic acids is 1. The summed E-state index contributed by atoms with van der Waals surface area (Å²) in [7, 11) is 1.93. The molecule has 2 rings (SSSR count). The number of hydrogen-bond acceptors (Lipinski definition) is 3. The lowest BCUT2D eigenvalue weighted by Crippen LogP contribution is -2.26.